The van der Waals surface area contributed by atoms with Crippen LogP contribution in [-0.2, 0) is 28.7 Å². The summed E-state index contributed by atoms with van der Waals surface area (Å²) in [5.74, 6) is 0.0810. The molecule has 0 N–H and O–H groups in total. The third kappa shape index (κ3) is 4.84. The van der Waals surface area contributed by atoms with Crippen LogP contribution < -0.4 is 0 Å². The molecule has 6 nitrogen and oxygen atoms in total. The van der Waals surface area contributed by atoms with Crippen molar-refractivity contribution in [2.24, 2.45) is 0 Å². The molecule has 0 atom stereocenters. The van der Waals surface area contributed by atoms with E-state index >= 15 is 0 Å². The molecule has 3 heterocycles. The molecule has 0 saturated carbocycles. The smallest absolute Gasteiger partial charge is 0.218 e. The topological polar surface area (TPSA) is 58.4 Å². The first kappa shape index (κ1) is 22.0. The van der Waals surface area contributed by atoms with Gasteiger partial charge in [-0.15, -0.1) is 0 Å². The quantitative estimate of drug-likeness (QED) is 0.565. The van der Waals surface area contributed by atoms with Crippen molar-refractivity contribution in [3.8, 4) is 0 Å². The molecule has 1 aliphatic heterocycles. The first-order valence-electron chi connectivity index (χ1n) is 11.1. The second-order valence-electron chi connectivity index (χ2n) is 8.48. The van der Waals surface area contributed by atoms with Crippen LogP contribution in [0.1, 0.15) is 29.2 Å². The number of piperazine rings is 1. The van der Waals surface area contributed by atoms with Crippen molar-refractivity contribution in [3.63, 3.8) is 0 Å². The van der Waals surface area contributed by atoms with Gasteiger partial charge in [0.2, 0.25) is 10.0 Å². The van der Waals surface area contributed by atoms with Gasteiger partial charge in [0.25, 0.3) is 0 Å². The van der Waals surface area contributed by atoms with Crippen molar-refractivity contribution in [1.29, 1.82) is 0 Å². The Kier molecular flexibility index (Phi) is 6.46. The maximum absolute atomic E-state index is 12.9. The predicted octanol–water partition coefficient (Wildman–Crippen LogP) is 3.36. The van der Waals surface area contributed by atoms with Gasteiger partial charge in [0.1, 0.15) is 5.65 Å². The minimum Gasteiger partial charge on any atom is -0.333 e. The van der Waals surface area contributed by atoms with E-state index in [1.54, 1.807) is 4.31 Å². The second kappa shape index (κ2) is 9.10. The van der Waals surface area contributed by atoms with Gasteiger partial charge in [0, 0.05) is 57.0 Å². The fourth-order valence-corrected chi connectivity index (χ4v) is 5.84. The zero-order valence-corrected chi connectivity index (χ0v) is 19.5. The van der Waals surface area contributed by atoms with Crippen molar-refractivity contribution < 1.29 is 8.42 Å². The molecule has 1 aromatic carbocycles. The van der Waals surface area contributed by atoms with Gasteiger partial charge in [-0.3, -0.25) is 0 Å². The highest BCUT2D eigenvalue weighted by molar-refractivity contribution is 7.88. The fourth-order valence-electron chi connectivity index (χ4n) is 4.34. The maximum atomic E-state index is 12.9. The van der Waals surface area contributed by atoms with Crippen LogP contribution in [0.15, 0.2) is 42.7 Å². The number of fused-ring (bicyclic) bond motifs is 1. The lowest BCUT2D eigenvalue weighted by atomic mass is 10.1. The van der Waals surface area contributed by atoms with Crippen LogP contribution in [0.4, 0.5) is 0 Å². The third-order valence-corrected chi connectivity index (χ3v) is 8.25. The minimum absolute atomic E-state index is 0.0810. The molecule has 4 rings (SSSR count). The van der Waals surface area contributed by atoms with Gasteiger partial charge < -0.3 is 9.47 Å². The van der Waals surface area contributed by atoms with E-state index in [1.807, 2.05) is 44.3 Å². The monoisotopic (exact) mass is 440 g/mol. The van der Waals surface area contributed by atoms with Crippen LogP contribution in [0.5, 0.6) is 0 Å². The number of benzene rings is 1. The van der Waals surface area contributed by atoms with Crippen molar-refractivity contribution in [3.05, 3.63) is 65.0 Å². The van der Waals surface area contributed by atoms with E-state index < -0.39 is 10.0 Å². The number of sulfonamides is 1. The van der Waals surface area contributed by atoms with E-state index in [4.69, 9.17) is 0 Å². The molecular formula is C24H32N4O2S. The van der Waals surface area contributed by atoms with Gasteiger partial charge in [0.15, 0.2) is 0 Å². The number of nitrogens with zero attached hydrogens (tertiary/aromatic N) is 4. The summed E-state index contributed by atoms with van der Waals surface area (Å²) < 4.78 is 29.7. The number of hydrogen-bond acceptors (Lipinski definition) is 4. The molecule has 7 heteroatoms. The minimum atomic E-state index is -3.29. The van der Waals surface area contributed by atoms with Crippen molar-refractivity contribution in [2.75, 3.05) is 32.7 Å². The Hall–Kier alpha value is -2.22. The molecule has 0 amide bonds. The number of rotatable bonds is 7. The largest absolute Gasteiger partial charge is 0.333 e. The first-order valence-corrected chi connectivity index (χ1v) is 12.7. The van der Waals surface area contributed by atoms with Crippen LogP contribution in [0.2, 0.25) is 0 Å². The van der Waals surface area contributed by atoms with Gasteiger partial charge in [-0.2, -0.15) is 4.31 Å². The third-order valence-electron chi connectivity index (χ3n) is 6.40. The lowest BCUT2D eigenvalue weighted by Crippen LogP contribution is -2.49. The Morgan fingerprint density at radius 1 is 1.03 bits per heavy atom. The number of aromatic nitrogens is 2. The summed E-state index contributed by atoms with van der Waals surface area (Å²) in [6, 6.07) is 10.1. The SMILES string of the molecule is CCn1cc(CCN2CCN(S(=O)(=O)Cc3ccc(C)c(C)c3)CC2)c2cccnc21. The van der Waals surface area contributed by atoms with Crippen molar-refractivity contribution in [1.82, 2.24) is 18.8 Å². The molecule has 1 saturated heterocycles. The standard InChI is InChI=1S/C24H32N4O2S/c1-4-27-17-22(23-6-5-10-25-24(23)27)9-11-26-12-14-28(15-13-26)31(29,30)18-21-8-7-19(2)20(3)16-21/h5-8,10,16-17H,4,9,11-15,18H2,1-3H3. The van der Waals surface area contributed by atoms with E-state index in [2.05, 4.69) is 33.6 Å². The zero-order chi connectivity index (χ0) is 22.0. The summed E-state index contributed by atoms with van der Waals surface area (Å²) in [6.07, 6.45) is 5.00. The van der Waals surface area contributed by atoms with Gasteiger partial charge in [-0.25, -0.2) is 13.4 Å². The number of hydrogen-bond donors (Lipinski definition) is 0. The molecule has 0 radical (unpaired) electrons. The molecule has 3 aromatic rings. The van der Waals surface area contributed by atoms with Crippen LogP contribution in [0.3, 0.4) is 0 Å². The van der Waals surface area contributed by atoms with Gasteiger partial charge in [0.05, 0.1) is 5.75 Å². The molecule has 2 aromatic heterocycles. The Morgan fingerprint density at radius 2 is 1.81 bits per heavy atom. The van der Waals surface area contributed by atoms with E-state index in [0.29, 0.717) is 13.1 Å². The average Bonchev–Trinajstić information content (AvgIpc) is 3.13. The Labute approximate surface area is 185 Å². The van der Waals surface area contributed by atoms with Crippen LogP contribution in [-0.4, -0.2) is 59.9 Å². The molecule has 31 heavy (non-hydrogen) atoms. The average molecular weight is 441 g/mol. The molecule has 0 bridgehead atoms. The number of pyridine rings is 1. The van der Waals surface area contributed by atoms with Crippen LogP contribution in [0, 0.1) is 13.8 Å². The summed E-state index contributed by atoms with van der Waals surface area (Å²) in [6.45, 7) is 10.7. The number of aryl methyl sites for hydroxylation is 3. The fraction of sp³-hybridized carbons (Fsp3) is 0.458. The summed E-state index contributed by atoms with van der Waals surface area (Å²) in [5.41, 5.74) is 5.55. The van der Waals surface area contributed by atoms with Crippen molar-refractivity contribution in [2.45, 2.75) is 39.5 Å². The Bertz CT molecular complexity index is 1160. The predicted molar refractivity (Wildman–Crippen MR) is 126 cm³/mol. The first-order chi connectivity index (χ1) is 14.9. The normalized spacial score (nSPS) is 16.2. The van der Waals surface area contributed by atoms with Crippen LogP contribution >= 0.6 is 0 Å². The highest BCUT2D eigenvalue weighted by Crippen LogP contribution is 2.21. The van der Waals surface area contributed by atoms with Crippen molar-refractivity contribution >= 4 is 21.1 Å². The second-order valence-corrected chi connectivity index (χ2v) is 10.4. The van der Waals surface area contributed by atoms with E-state index in [9.17, 15) is 8.42 Å². The molecule has 0 unspecified atom stereocenters. The molecule has 1 aliphatic rings. The molecule has 166 valence electrons. The van der Waals surface area contributed by atoms with E-state index in [0.717, 1.165) is 49.4 Å². The van der Waals surface area contributed by atoms with Crippen LogP contribution in [0.25, 0.3) is 11.0 Å². The zero-order valence-electron chi connectivity index (χ0n) is 18.7. The molecule has 0 aliphatic carbocycles. The molecular weight excluding hydrogens is 408 g/mol. The summed E-state index contributed by atoms with van der Waals surface area (Å²) >= 11 is 0. The lowest BCUT2D eigenvalue weighted by Gasteiger charge is -2.34. The molecule has 1 fully saturated rings. The van der Waals surface area contributed by atoms with E-state index in [-0.39, 0.29) is 5.75 Å². The summed E-state index contributed by atoms with van der Waals surface area (Å²) in [4.78, 5) is 6.89. The lowest BCUT2D eigenvalue weighted by molar-refractivity contribution is 0.190. The molecule has 0 spiro atoms. The Balaban J connectivity index is 1.34. The van der Waals surface area contributed by atoms with Gasteiger partial charge in [-0.1, -0.05) is 18.2 Å². The van der Waals surface area contributed by atoms with Gasteiger partial charge >= 0.3 is 0 Å². The maximum Gasteiger partial charge on any atom is 0.218 e. The highest BCUT2D eigenvalue weighted by atomic mass is 32.2. The van der Waals surface area contributed by atoms with E-state index in [1.165, 1.54) is 16.5 Å². The summed E-state index contributed by atoms with van der Waals surface area (Å²) in [5, 5.41) is 1.22. The highest BCUT2D eigenvalue weighted by Gasteiger charge is 2.27. The van der Waals surface area contributed by atoms with Gasteiger partial charge in [-0.05, 0) is 61.6 Å². The Morgan fingerprint density at radius 3 is 2.52 bits per heavy atom. The summed E-state index contributed by atoms with van der Waals surface area (Å²) in [7, 11) is -3.29.